The number of carbonyl (C=O) groups is 3. The fourth-order valence-electron chi connectivity index (χ4n) is 3.43. The molecule has 176 valence electrons. The Morgan fingerprint density at radius 1 is 1.31 bits per heavy atom. The summed E-state index contributed by atoms with van der Waals surface area (Å²) in [4.78, 5) is 40.9. The minimum absolute atomic E-state index is 0.0133. The average molecular weight is 450 g/mol. The van der Waals surface area contributed by atoms with Crippen LogP contribution in [0.2, 0.25) is 0 Å². The summed E-state index contributed by atoms with van der Waals surface area (Å²) in [6, 6.07) is -0.339. The molecule has 1 unspecified atom stereocenters. The van der Waals surface area contributed by atoms with E-state index in [4.69, 9.17) is 4.74 Å². The second-order valence-electron chi connectivity index (χ2n) is 7.72. The number of ether oxygens (including phenoxy) is 1. The van der Waals surface area contributed by atoms with Crippen molar-refractivity contribution < 1.29 is 23.5 Å². The van der Waals surface area contributed by atoms with Gasteiger partial charge in [-0.2, -0.15) is 0 Å². The lowest BCUT2D eigenvalue weighted by atomic mass is 10.2. The first kappa shape index (κ1) is 25.3. The Morgan fingerprint density at radius 3 is 2.66 bits per heavy atom. The molecule has 0 radical (unpaired) electrons. The Bertz CT molecular complexity index is 825. The molecular weight excluding hydrogens is 417 g/mol. The number of rotatable bonds is 9. The molecule has 2 aliphatic rings. The monoisotopic (exact) mass is 449 g/mol. The highest BCUT2D eigenvalue weighted by Crippen LogP contribution is 2.21. The van der Waals surface area contributed by atoms with Crippen LogP contribution in [0.5, 0.6) is 0 Å². The van der Waals surface area contributed by atoms with Crippen molar-refractivity contribution in [1.29, 1.82) is 0 Å². The highest BCUT2D eigenvalue weighted by molar-refractivity contribution is 5.89. The van der Waals surface area contributed by atoms with Gasteiger partial charge < -0.3 is 19.9 Å². The number of hydrogen-bond acceptors (Lipinski definition) is 5. The van der Waals surface area contributed by atoms with Crippen LogP contribution in [0.25, 0.3) is 0 Å². The van der Waals surface area contributed by atoms with Crippen LogP contribution in [0.1, 0.15) is 13.8 Å². The second kappa shape index (κ2) is 11.6. The van der Waals surface area contributed by atoms with E-state index in [-0.39, 0.29) is 57.2 Å². The summed E-state index contributed by atoms with van der Waals surface area (Å²) >= 11 is 0. The zero-order valence-electron chi connectivity index (χ0n) is 19.0. The summed E-state index contributed by atoms with van der Waals surface area (Å²) in [5, 5.41) is 5.90. The highest BCUT2D eigenvalue weighted by atomic mass is 19.1. The lowest BCUT2D eigenvalue weighted by molar-refractivity contribution is -0.178. The van der Waals surface area contributed by atoms with Crippen LogP contribution in [0, 0.1) is 0 Å². The molecule has 4 amide bonds. The lowest BCUT2D eigenvalue weighted by Gasteiger charge is -2.51. The fraction of sp³-hybridized carbons (Fsp3) is 0.500. The zero-order valence-corrected chi connectivity index (χ0v) is 19.0. The SMILES string of the molecule is C=C/C(=C\C(=C)F)COCCN1CC2N(CC1=O)C(=O)CN(C)N2C(=O)NC/C(C)=C/C. The first-order valence-electron chi connectivity index (χ1n) is 10.4. The Hall–Kier alpha value is -2.98. The third-order valence-corrected chi connectivity index (χ3v) is 5.33. The number of hydrazine groups is 1. The van der Waals surface area contributed by atoms with E-state index in [1.54, 1.807) is 17.0 Å². The minimum atomic E-state index is -0.608. The van der Waals surface area contributed by atoms with E-state index in [0.717, 1.165) is 5.57 Å². The molecule has 2 rings (SSSR count). The van der Waals surface area contributed by atoms with Gasteiger partial charge >= 0.3 is 6.03 Å². The zero-order chi connectivity index (χ0) is 23.8. The van der Waals surface area contributed by atoms with Crippen LogP contribution >= 0.6 is 0 Å². The normalized spacial score (nSPS) is 20.4. The fourth-order valence-corrected chi connectivity index (χ4v) is 3.43. The topological polar surface area (TPSA) is 85.4 Å². The third-order valence-electron chi connectivity index (χ3n) is 5.33. The molecule has 2 aliphatic heterocycles. The predicted molar refractivity (Wildman–Crippen MR) is 119 cm³/mol. The van der Waals surface area contributed by atoms with E-state index >= 15 is 0 Å². The van der Waals surface area contributed by atoms with Crippen LogP contribution in [0.4, 0.5) is 9.18 Å². The standard InChI is InChI=1S/C22H32FN5O4/c1-6-16(3)11-24-22(31)28-19-12-26(8-9-32-15-18(7-2)10-17(4)23)20(29)14-27(19)21(30)13-25(28)5/h6-7,10,19H,2,4,8-9,11-15H2,1,3,5H3,(H,24,31)/b16-6+,18-10+. The molecule has 10 heteroatoms. The molecule has 0 saturated carbocycles. The largest absolute Gasteiger partial charge is 0.375 e. The second-order valence-corrected chi connectivity index (χ2v) is 7.72. The Morgan fingerprint density at radius 2 is 2.03 bits per heavy atom. The van der Waals surface area contributed by atoms with Crippen molar-refractivity contribution in [1.82, 2.24) is 25.1 Å². The van der Waals surface area contributed by atoms with Gasteiger partial charge in [-0.1, -0.05) is 30.9 Å². The highest BCUT2D eigenvalue weighted by Gasteiger charge is 2.45. The van der Waals surface area contributed by atoms with Gasteiger partial charge in [0.05, 0.1) is 26.3 Å². The average Bonchev–Trinajstić information content (AvgIpc) is 2.74. The number of allylic oxidation sites excluding steroid dienone is 3. The number of nitrogens with zero attached hydrogens (tertiary/aromatic N) is 4. The van der Waals surface area contributed by atoms with Crippen molar-refractivity contribution in [2.45, 2.75) is 20.0 Å². The molecule has 2 fully saturated rings. The molecule has 0 aromatic heterocycles. The summed E-state index contributed by atoms with van der Waals surface area (Å²) in [6.07, 6.45) is 4.01. The molecule has 1 N–H and O–H groups in total. The Labute approximate surface area is 188 Å². The molecule has 0 aromatic rings. The van der Waals surface area contributed by atoms with Crippen molar-refractivity contribution in [2.75, 3.05) is 53.0 Å². The predicted octanol–water partition coefficient (Wildman–Crippen LogP) is 1.43. The van der Waals surface area contributed by atoms with E-state index in [1.807, 2.05) is 19.9 Å². The molecule has 2 heterocycles. The van der Waals surface area contributed by atoms with Crippen molar-refractivity contribution in [3.05, 3.63) is 48.4 Å². The maximum atomic E-state index is 12.9. The van der Waals surface area contributed by atoms with Crippen molar-refractivity contribution in [2.24, 2.45) is 0 Å². The van der Waals surface area contributed by atoms with Gasteiger partial charge in [-0.05, 0) is 25.5 Å². The van der Waals surface area contributed by atoms with Crippen LogP contribution < -0.4 is 5.32 Å². The van der Waals surface area contributed by atoms with E-state index in [0.29, 0.717) is 12.1 Å². The van der Waals surface area contributed by atoms with Crippen LogP contribution in [0.3, 0.4) is 0 Å². The van der Waals surface area contributed by atoms with Gasteiger partial charge in [0.25, 0.3) is 0 Å². The smallest absolute Gasteiger partial charge is 0.334 e. The molecule has 0 bridgehead atoms. The van der Waals surface area contributed by atoms with Crippen LogP contribution in [-0.4, -0.2) is 96.8 Å². The molecule has 9 nitrogen and oxygen atoms in total. The number of urea groups is 1. The number of hydrogen-bond donors (Lipinski definition) is 1. The molecule has 0 aliphatic carbocycles. The molecule has 32 heavy (non-hydrogen) atoms. The lowest BCUT2D eigenvalue weighted by Crippen LogP contribution is -2.73. The number of nitrogens with one attached hydrogen (secondary N) is 1. The number of piperazine rings is 1. The number of halogens is 1. The molecule has 0 spiro atoms. The summed E-state index contributed by atoms with van der Waals surface area (Å²) in [5.74, 6) is -1.02. The van der Waals surface area contributed by atoms with Gasteiger partial charge in [-0.15, -0.1) is 0 Å². The van der Waals surface area contributed by atoms with Gasteiger partial charge in [0.15, 0.2) is 0 Å². The Kier molecular flexibility index (Phi) is 9.15. The molecule has 1 atom stereocenters. The summed E-state index contributed by atoms with van der Waals surface area (Å²) < 4.78 is 18.5. The number of fused-ring (bicyclic) bond motifs is 1. The van der Waals surface area contributed by atoms with Gasteiger partial charge in [0.1, 0.15) is 18.5 Å². The quantitative estimate of drug-likeness (QED) is 0.327. The van der Waals surface area contributed by atoms with Gasteiger partial charge in [-0.3, -0.25) is 9.59 Å². The molecular formula is C22H32FN5O4. The van der Waals surface area contributed by atoms with Crippen molar-refractivity contribution in [3.8, 4) is 0 Å². The summed E-state index contributed by atoms with van der Waals surface area (Å²) in [5.41, 5.74) is 1.54. The molecule has 2 saturated heterocycles. The Balaban J connectivity index is 2.02. The first-order chi connectivity index (χ1) is 15.2. The maximum absolute atomic E-state index is 12.9. The number of amides is 4. The van der Waals surface area contributed by atoms with Crippen molar-refractivity contribution in [3.63, 3.8) is 0 Å². The van der Waals surface area contributed by atoms with Crippen LogP contribution in [-0.2, 0) is 14.3 Å². The first-order valence-corrected chi connectivity index (χ1v) is 10.4. The number of carbonyl (C=O) groups excluding carboxylic acids is 3. The van der Waals surface area contributed by atoms with E-state index < -0.39 is 12.0 Å². The van der Waals surface area contributed by atoms with Gasteiger partial charge in [0, 0.05) is 20.1 Å². The van der Waals surface area contributed by atoms with Gasteiger partial charge in [-0.25, -0.2) is 19.2 Å². The van der Waals surface area contributed by atoms with Crippen molar-refractivity contribution >= 4 is 17.8 Å². The van der Waals surface area contributed by atoms with E-state index in [1.165, 1.54) is 22.1 Å². The summed E-state index contributed by atoms with van der Waals surface area (Å²) in [7, 11) is 1.67. The summed E-state index contributed by atoms with van der Waals surface area (Å²) in [6.45, 7) is 11.7. The number of likely N-dealkylation sites (N-methyl/N-ethyl adjacent to an activating group) is 1. The van der Waals surface area contributed by atoms with E-state index in [9.17, 15) is 18.8 Å². The maximum Gasteiger partial charge on any atom is 0.334 e. The van der Waals surface area contributed by atoms with Crippen LogP contribution in [0.15, 0.2) is 48.4 Å². The van der Waals surface area contributed by atoms with E-state index in [2.05, 4.69) is 18.5 Å². The third kappa shape index (κ3) is 6.51. The molecule has 0 aromatic carbocycles. The minimum Gasteiger partial charge on any atom is -0.375 e. The van der Waals surface area contributed by atoms with Gasteiger partial charge in [0.2, 0.25) is 11.8 Å².